The molecule has 0 saturated carbocycles. The van der Waals surface area contributed by atoms with E-state index in [1.165, 1.54) is 0 Å². The number of aliphatic hydroxyl groups excluding tert-OH is 1. The van der Waals surface area contributed by atoms with Crippen LogP contribution < -0.4 is 5.56 Å². The van der Waals surface area contributed by atoms with Gasteiger partial charge in [0.25, 0.3) is 5.56 Å². The number of H-pyrrole nitrogens is 1. The predicted octanol–water partition coefficient (Wildman–Crippen LogP) is 0.0623. The first-order chi connectivity index (χ1) is 6.63. The van der Waals surface area contributed by atoms with Crippen LogP contribution in [0.25, 0.3) is 11.0 Å². The summed E-state index contributed by atoms with van der Waals surface area (Å²) in [6.07, 6.45) is 0. The average molecular weight is 193 g/mol. The summed E-state index contributed by atoms with van der Waals surface area (Å²) in [5.41, 5.74) is 1.63. The molecule has 0 spiro atoms. The van der Waals surface area contributed by atoms with Crippen molar-refractivity contribution in [2.45, 2.75) is 13.5 Å². The second-order valence-electron chi connectivity index (χ2n) is 3.25. The molecule has 0 unspecified atom stereocenters. The molecule has 0 atom stereocenters. The number of hydrogen-bond acceptors (Lipinski definition) is 3. The highest BCUT2D eigenvalue weighted by Crippen LogP contribution is 2.14. The third kappa shape index (κ3) is 1.13. The van der Waals surface area contributed by atoms with E-state index in [0.29, 0.717) is 11.2 Å². The molecule has 5 heteroatoms. The Labute approximate surface area is 80.0 Å². The summed E-state index contributed by atoms with van der Waals surface area (Å²) in [6, 6.07) is 1.68. The minimum absolute atomic E-state index is 0.250. The Morgan fingerprint density at radius 3 is 3.00 bits per heavy atom. The Balaban J connectivity index is 2.89. The predicted molar refractivity (Wildman–Crippen MR) is 52.0 cm³/mol. The minimum Gasteiger partial charge on any atom is -0.391 e. The van der Waals surface area contributed by atoms with E-state index in [-0.39, 0.29) is 12.2 Å². The molecule has 2 aromatic rings. The van der Waals surface area contributed by atoms with Crippen LogP contribution in [-0.2, 0) is 13.7 Å². The van der Waals surface area contributed by atoms with Crippen LogP contribution >= 0.6 is 0 Å². The summed E-state index contributed by atoms with van der Waals surface area (Å²) in [4.78, 5) is 14.1. The Morgan fingerprint density at radius 1 is 1.64 bits per heavy atom. The number of fused-ring (bicyclic) bond motifs is 1. The number of hydrogen-bond donors (Lipinski definition) is 2. The van der Waals surface area contributed by atoms with Gasteiger partial charge in [-0.2, -0.15) is 5.10 Å². The molecule has 2 N–H and O–H groups in total. The molecule has 2 rings (SSSR count). The van der Waals surface area contributed by atoms with Gasteiger partial charge in [0, 0.05) is 18.0 Å². The van der Waals surface area contributed by atoms with Crippen molar-refractivity contribution in [1.29, 1.82) is 0 Å². The molecule has 0 amide bonds. The number of aliphatic hydroxyl groups is 1. The number of aromatic nitrogens is 3. The van der Waals surface area contributed by atoms with Gasteiger partial charge < -0.3 is 10.1 Å². The number of aryl methyl sites for hydroxylation is 2. The van der Waals surface area contributed by atoms with Gasteiger partial charge in [-0.15, -0.1) is 0 Å². The van der Waals surface area contributed by atoms with Gasteiger partial charge in [-0.1, -0.05) is 0 Å². The maximum Gasteiger partial charge on any atom is 0.255 e. The SMILES string of the molecule is Cc1nn(C)c2[nH]c(=O)c(CO)cc12. The fourth-order valence-corrected chi connectivity index (χ4v) is 1.54. The van der Waals surface area contributed by atoms with Gasteiger partial charge in [-0.3, -0.25) is 9.48 Å². The first-order valence-electron chi connectivity index (χ1n) is 4.30. The molecule has 0 aliphatic rings. The highest BCUT2D eigenvalue weighted by Gasteiger charge is 2.08. The zero-order valence-corrected chi connectivity index (χ0v) is 8.03. The summed E-state index contributed by atoms with van der Waals surface area (Å²) in [6.45, 7) is 1.61. The molecule has 0 aliphatic heterocycles. The summed E-state index contributed by atoms with van der Waals surface area (Å²) < 4.78 is 1.62. The molecule has 0 fully saturated rings. The summed E-state index contributed by atoms with van der Waals surface area (Å²) in [7, 11) is 1.77. The van der Waals surface area contributed by atoms with Gasteiger partial charge in [0.1, 0.15) is 5.65 Å². The molecule has 0 radical (unpaired) electrons. The van der Waals surface area contributed by atoms with E-state index in [1.54, 1.807) is 17.8 Å². The summed E-state index contributed by atoms with van der Waals surface area (Å²) in [5, 5.41) is 14.0. The smallest absolute Gasteiger partial charge is 0.255 e. The number of nitrogens with zero attached hydrogens (tertiary/aromatic N) is 2. The van der Waals surface area contributed by atoms with Crippen molar-refractivity contribution >= 4 is 11.0 Å². The lowest BCUT2D eigenvalue weighted by Crippen LogP contribution is -2.12. The maximum atomic E-state index is 11.4. The largest absolute Gasteiger partial charge is 0.391 e. The van der Waals surface area contributed by atoms with Crippen LogP contribution in [0.5, 0.6) is 0 Å². The molecule has 0 aliphatic carbocycles. The fourth-order valence-electron chi connectivity index (χ4n) is 1.54. The van der Waals surface area contributed by atoms with E-state index in [4.69, 9.17) is 5.11 Å². The third-order valence-corrected chi connectivity index (χ3v) is 2.28. The quantitative estimate of drug-likeness (QED) is 0.672. The zero-order chi connectivity index (χ0) is 10.3. The second-order valence-corrected chi connectivity index (χ2v) is 3.25. The Hall–Kier alpha value is -1.62. The lowest BCUT2D eigenvalue weighted by Gasteiger charge is -1.96. The van der Waals surface area contributed by atoms with Crippen molar-refractivity contribution in [3.63, 3.8) is 0 Å². The first kappa shape index (κ1) is 8.96. The van der Waals surface area contributed by atoms with E-state index in [2.05, 4.69) is 10.1 Å². The van der Waals surface area contributed by atoms with Gasteiger partial charge >= 0.3 is 0 Å². The van der Waals surface area contributed by atoms with Gasteiger partial charge in [-0.05, 0) is 13.0 Å². The van der Waals surface area contributed by atoms with Crippen LogP contribution in [0, 0.1) is 6.92 Å². The Morgan fingerprint density at radius 2 is 2.36 bits per heavy atom. The molecule has 2 heterocycles. The van der Waals surface area contributed by atoms with Crippen molar-refractivity contribution in [3.05, 3.63) is 27.7 Å². The highest BCUT2D eigenvalue weighted by atomic mass is 16.3. The van der Waals surface area contributed by atoms with Crippen LogP contribution in [0.1, 0.15) is 11.3 Å². The topological polar surface area (TPSA) is 70.9 Å². The highest BCUT2D eigenvalue weighted by molar-refractivity contribution is 5.78. The number of aromatic amines is 1. The summed E-state index contributed by atoms with van der Waals surface area (Å²) >= 11 is 0. The van der Waals surface area contributed by atoms with Gasteiger partial charge in [0.15, 0.2) is 0 Å². The van der Waals surface area contributed by atoms with Crippen LogP contribution in [0.2, 0.25) is 0 Å². The van der Waals surface area contributed by atoms with E-state index < -0.39 is 0 Å². The normalized spacial score (nSPS) is 11.1. The monoisotopic (exact) mass is 193 g/mol. The molecule has 74 valence electrons. The third-order valence-electron chi connectivity index (χ3n) is 2.28. The number of nitrogens with one attached hydrogen (secondary N) is 1. The molecule has 14 heavy (non-hydrogen) atoms. The molecule has 0 bridgehead atoms. The molecular weight excluding hydrogens is 182 g/mol. The van der Waals surface area contributed by atoms with Gasteiger partial charge in [0.05, 0.1) is 12.3 Å². The van der Waals surface area contributed by atoms with Crippen molar-refractivity contribution in [2.24, 2.45) is 7.05 Å². The maximum absolute atomic E-state index is 11.4. The zero-order valence-electron chi connectivity index (χ0n) is 8.03. The molecule has 0 aromatic carbocycles. The summed E-state index contributed by atoms with van der Waals surface area (Å²) in [5.74, 6) is 0. The molecular formula is C9H11N3O2. The van der Waals surface area contributed by atoms with E-state index in [0.717, 1.165) is 11.1 Å². The van der Waals surface area contributed by atoms with E-state index in [1.807, 2.05) is 6.92 Å². The van der Waals surface area contributed by atoms with Crippen LogP contribution in [-0.4, -0.2) is 19.9 Å². The second kappa shape index (κ2) is 2.95. The fraction of sp³-hybridized carbons (Fsp3) is 0.333. The van der Waals surface area contributed by atoms with Crippen LogP contribution in [0.4, 0.5) is 0 Å². The van der Waals surface area contributed by atoms with Crippen molar-refractivity contribution in [1.82, 2.24) is 14.8 Å². The van der Waals surface area contributed by atoms with Crippen molar-refractivity contribution < 1.29 is 5.11 Å². The lowest BCUT2D eigenvalue weighted by atomic mass is 10.2. The van der Waals surface area contributed by atoms with E-state index in [9.17, 15) is 4.79 Å². The Bertz CT molecular complexity index is 539. The number of rotatable bonds is 1. The van der Waals surface area contributed by atoms with Crippen molar-refractivity contribution in [2.75, 3.05) is 0 Å². The number of pyridine rings is 1. The van der Waals surface area contributed by atoms with E-state index >= 15 is 0 Å². The standard InChI is InChI=1S/C9H11N3O2/c1-5-7-3-6(4-13)9(14)10-8(7)12(2)11-5/h3,13H,4H2,1-2H3,(H,10,14). The van der Waals surface area contributed by atoms with Gasteiger partial charge in [-0.25, -0.2) is 0 Å². The van der Waals surface area contributed by atoms with Crippen LogP contribution in [0.15, 0.2) is 10.9 Å². The van der Waals surface area contributed by atoms with Gasteiger partial charge in [0.2, 0.25) is 0 Å². The molecule has 5 nitrogen and oxygen atoms in total. The molecule has 0 saturated heterocycles. The van der Waals surface area contributed by atoms with Crippen molar-refractivity contribution in [3.8, 4) is 0 Å². The average Bonchev–Trinajstić information content (AvgIpc) is 2.41. The first-order valence-corrected chi connectivity index (χ1v) is 4.30. The van der Waals surface area contributed by atoms with Crippen LogP contribution in [0.3, 0.4) is 0 Å². The molecule has 2 aromatic heterocycles. The Kier molecular flexibility index (Phi) is 1.89. The minimum atomic E-state index is -0.261. The lowest BCUT2D eigenvalue weighted by molar-refractivity contribution is 0.280.